The zero-order valence-corrected chi connectivity index (χ0v) is 12.1. The number of nitrogens with zero attached hydrogens (tertiary/aromatic N) is 2. The van der Waals surface area contributed by atoms with Crippen molar-refractivity contribution < 1.29 is 12.8 Å². The van der Waals surface area contributed by atoms with E-state index < -0.39 is 10.0 Å². The Bertz CT molecular complexity index is 780. The number of sulfonamides is 1. The molecule has 4 nitrogen and oxygen atoms in total. The number of nitriles is 1. The van der Waals surface area contributed by atoms with Crippen LogP contribution in [-0.4, -0.2) is 19.8 Å². The largest absolute Gasteiger partial charge is 0.243 e. The highest BCUT2D eigenvalue weighted by Gasteiger charge is 2.21. The van der Waals surface area contributed by atoms with Crippen molar-refractivity contribution in [3.05, 3.63) is 65.5 Å². The van der Waals surface area contributed by atoms with Crippen molar-refractivity contribution in [2.75, 3.05) is 7.05 Å². The van der Waals surface area contributed by atoms with Crippen molar-refractivity contribution in [3.8, 4) is 6.07 Å². The maximum atomic E-state index is 12.8. The number of rotatable bonds is 4. The van der Waals surface area contributed by atoms with Crippen LogP contribution < -0.4 is 0 Å². The van der Waals surface area contributed by atoms with Gasteiger partial charge in [-0.3, -0.25) is 0 Å². The van der Waals surface area contributed by atoms with Gasteiger partial charge in [-0.05, 0) is 35.9 Å². The lowest BCUT2D eigenvalue weighted by molar-refractivity contribution is 0.466. The van der Waals surface area contributed by atoms with Crippen LogP contribution in [0.25, 0.3) is 0 Å². The minimum atomic E-state index is -3.69. The Labute approximate surface area is 123 Å². The molecule has 6 heteroatoms. The Kier molecular flexibility index (Phi) is 4.36. The fourth-order valence-corrected chi connectivity index (χ4v) is 3.04. The number of hydrogen-bond acceptors (Lipinski definition) is 3. The van der Waals surface area contributed by atoms with Gasteiger partial charge in [0.2, 0.25) is 10.0 Å². The van der Waals surface area contributed by atoms with Gasteiger partial charge in [0.05, 0.1) is 16.5 Å². The summed E-state index contributed by atoms with van der Waals surface area (Å²) in [4.78, 5) is 0.0613. The van der Waals surface area contributed by atoms with Crippen molar-refractivity contribution in [1.29, 1.82) is 5.26 Å². The van der Waals surface area contributed by atoms with E-state index in [4.69, 9.17) is 5.26 Å². The Balaban J connectivity index is 2.26. The molecular formula is C15H13FN2O2S. The fourth-order valence-electron chi connectivity index (χ4n) is 1.84. The van der Waals surface area contributed by atoms with Crippen molar-refractivity contribution >= 4 is 10.0 Å². The molecule has 21 heavy (non-hydrogen) atoms. The molecule has 0 radical (unpaired) electrons. The summed E-state index contributed by atoms with van der Waals surface area (Å²) in [7, 11) is -2.25. The maximum Gasteiger partial charge on any atom is 0.243 e. The third-order valence-electron chi connectivity index (χ3n) is 2.99. The molecule has 0 spiro atoms. The summed E-state index contributed by atoms with van der Waals surface area (Å²) < 4.78 is 38.8. The molecule has 0 fully saturated rings. The van der Waals surface area contributed by atoms with E-state index in [2.05, 4.69) is 0 Å². The average molecular weight is 304 g/mol. The van der Waals surface area contributed by atoms with Gasteiger partial charge in [-0.2, -0.15) is 9.57 Å². The van der Waals surface area contributed by atoms with Gasteiger partial charge in [-0.25, -0.2) is 12.8 Å². The molecule has 0 unspecified atom stereocenters. The average Bonchev–Trinajstić information content (AvgIpc) is 2.49. The van der Waals surface area contributed by atoms with Crippen molar-refractivity contribution in [2.24, 2.45) is 0 Å². The first kappa shape index (κ1) is 15.2. The highest BCUT2D eigenvalue weighted by atomic mass is 32.2. The molecule has 0 bridgehead atoms. The van der Waals surface area contributed by atoms with E-state index in [1.165, 1.54) is 49.5 Å². The molecule has 0 aliphatic heterocycles. The van der Waals surface area contributed by atoms with Crippen LogP contribution in [0.15, 0.2) is 53.4 Å². The molecule has 0 heterocycles. The van der Waals surface area contributed by atoms with Crippen molar-refractivity contribution in [1.82, 2.24) is 4.31 Å². The monoisotopic (exact) mass is 304 g/mol. The predicted octanol–water partition coefficient (Wildman–Crippen LogP) is 2.52. The van der Waals surface area contributed by atoms with Gasteiger partial charge >= 0.3 is 0 Å². The maximum absolute atomic E-state index is 12.8. The first-order chi connectivity index (χ1) is 9.93. The van der Waals surface area contributed by atoms with E-state index >= 15 is 0 Å². The van der Waals surface area contributed by atoms with E-state index in [1.54, 1.807) is 6.07 Å². The topological polar surface area (TPSA) is 61.2 Å². The van der Waals surface area contributed by atoms with E-state index in [0.29, 0.717) is 5.56 Å². The molecule has 0 aromatic heterocycles. The van der Waals surface area contributed by atoms with Gasteiger partial charge in [0.15, 0.2) is 0 Å². The molecule has 0 N–H and O–H groups in total. The minimum Gasteiger partial charge on any atom is -0.207 e. The van der Waals surface area contributed by atoms with Crippen molar-refractivity contribution in [3.63, 3.8) is 0 Å². The van der Waals surface area contributed by atoms with Crippen LogP contribution in [0.2, 0.25) is 0 Å². The van der Waals surface area contributed by atoms with Gasteiger partial charge < -0.3 is 0 Å². The molecule has 2 aromatic carbocycles. The highest BCUT2D eigenvalue weighted by molar-refractivity contribution is 7.89. The summed E-state index contributed by atoms with van der Waals surface area (Å²) in [5.41, 5.74) is 0.963. The van der Waals surface area contributed by atoms with Gasteiger partial charge in [0.25, 0.3) is 0 Å². The standard InChI is InChI=1S/C15H13FN2O2S/c1-18(11-12-5-7-14(16)8-6-12)21(19,20)15-4-2-3-13(9-15)10-17/h2-9H,11H2,1H3. The molecule has 0 aliphatic carbocycles. The second kappa shape index (κ2) is 6.04. The second-order valence-electron chi connectivity index (χ2n) is 4.53. The molecule has 2 aromatic rings. The van der Waals surface area contributed by atoms with Crippen molar-refractivity contribution in [2.45, 2.75) is 11.4 Å². The van der Waals surface area contributed by atoms with Crippen LogP contribution >= 0.6 is 0 Å². The first-order valence-corrected chi connectivity index (χ1v) is 7.58. The van der Waals surface area contributed by atoms with Gasteiger partial charge in [0, 0.05) is 13.6 Å². The Hall–Kier alpha value is -2.23. The third kappa shape index (κ3) is 3.45. The van der Waals surface area contributed by atoms with E-state index in [-0.39, 0.29) is 22.8 Å². The normalized spacial score (nSPS) is 11.3. The van der Waals surface area contributed by atoms with Crippen LogP contribution in [0.1, 0.15) is 11.1 Å². The molecule has 0 aliphatic rings. The zero-order chi connectivity index (χ0) is 15.5. The summed E-state index contributed by atoms with van der Waals surface area (Å²) in [5, 5.41) is 8.83. The SMILES string of the molecule is CN(Cc1ccc(F)cc1)S(=O)(=O)c1cccc(C#N)c1. The van der Waals surface area contributed by atoms with Crippen LogP contribution in [-0.2, 0) is 16.6 Å². The number of halogens is 1. The number of benzene rings is 2. The Morgan fingerprint density at radius 2 is 1.86 bits per heavy atom. The highest BCUT2D eigenvalue weighted by Crippen LogP contribution is 2.18. The van der Waals surface area contributed by atoms with Gasteiger partial charge in [-0.15, -0.1) is 0 Å². The fraction of sp³-hybridized carbons (Fsp3) is 0.133. The van der Waals surface area contributed by atoms with Gasteiger partial charge in [-0.1, -0.05) is 18.2 Å². The summed E-state index contributed by atoms with van der Waals surface area (Å²) in [6.45, 7) is 0.124. The predicted molar refractivity (Wildman–Crippen MR) is 76.2 cm³/mol. The molecule has 0 saturated carbocycles. The van der Waals surface area contributed by atoms with Crippen LogP contribution in [0.5, 0.6) is 0 Å². The van der Waals surface area contributed by atoms with E-state index in [9.17, 15) is 12.8 Å². The minimum absolute atomic E-state index is 0.0613. The smallest absolute Gasteiger partial charge is 0.207 e. The lowest BCUT2D eigenvalue weighted by atomic mass is 10.2. The summed E-state index contributed by atoms with van der Waals surface area (Å²) in [5.74, 6) is -0.369. The van der Waals surface area contributed by atoms with Crippen LogP contribution in [0.3, 0.4) is 0 Å². The Morgan fingerprint density at radius 3 is 2.48 bits per heavy atom. The first-order valence-electron chi connectivity index (χ1n) is 6.14. The summed E-state index contributed by atoms with van der Waals surface area (Å²) in [6.07, 6.45) is 0. The molecule has 0 atom stereocenters. The van der Waals surface area contributed by atoms with E-state index in [0.717, 1.165) is 4.31 Å². The van der Waals surface area contributed by atoms with Crippen LogP contribution in [0.4, 0.5) is 4.39 Å². The summed E-state index contributed by atoms with van der Waals surface area (Å²) >= 11 is 0. The van der Waals surface area contributed by atoms with Gasteiger partial charge in [0.1, 0.15) is 5.82 Å². The quantitative estimate of drug-likeness (QED) is 0.872. The molecule has 0 saturated heterocycles. The lowest BCUT2D eigenvalue weighted by Gasteiger charge is -2.17. The molecule has 2 rings (SSSR count). The van der Waals surface area contributed by atoms with E-state index in [1.807, 2.05) is 6.07 Å². The van der Waals surface area contributed by atoms with Crippen LogP contribution in [0, 0.1) is 17.1 Å². The molecular weight excluding hydrogens is 291 g/mol. The second-order valence-corrected chi connectivity index (χ2v) is 6.57. The summed E-state index contributed by atoms with van der Waals surface area (Å²) in [6, 6.07) is 13.4. The zero-order valence-electron chi connectivity index (χ0n) is 11.3. The molecule has 0 amide bonds. The third-order valence-corrected chi connectivity index (χ3v) is 4.79. The molecule has 108 valence electrons. The Morgan fingerprint density at radius 1 is 1.19 bits per heavy atom. The number of hydrogen-bond donors (Lipinski definition) is 0. The lowest BCUT2D eigenvalue weighted by Crippen LogP contribution is -2.26.